The van der Waals surface area contributed by atoms with E-state index in [-0.39, 0.29) is 17.4 Å². The number of aromatic hydroxyl groups is 2. The van der Waals surface area contributed by atoms with Gasteiger partial charge in [0, 0.05) is 6.07 Å². The molecule has 0 aromatic heterocycles. The first-order valence-electron chi connectivity index (χ1n) is 6.36. The second-order valence-electron chi connectivity index (χ2n) is 4.63. The fourth-order valence-electron chi connectivity index (χ4n) is 1.94. The molecule has 3 heteroatoms. The van der Waals surface area contributed by atoms with E-state index in [1.165, 1.54) is 6.07 Å². The normalized spacial score (nSPS) is 12.1. The van der Waals surface area contributed by atoms with Crippen LogP contribution in [0.1, 0.15) is 24.8 Å². The first-order chi connectivity index (χ1) is 9.15. The lowest BCUT2D eigenvalue weighted by Gasteiger charge is -2.13. The summed E-state index contributed by atoms with van der Waals surface area (Å²) in [5.74, 6) is 1.24. The molecule has 0 amide bonds. The number of phenolic OH excluding ortho intramolecular Hbond substituents is 2. The lowest BCUT2D eigenvalue weighted by Crippen LogP contribution is -2.03. The molecule has 2 N–H and O–H groups in total. The van der Waals surface area contributed by atoms with Gasteiger partial charge in [-0.05, 0) is 42.2 Å². The Labute approximate surface area is 113 Å². The number of hydrogen-bond acceptors (Lipinski definition) is 3. The van der Waals surface area contributed by atoms with Crippen molar-refractivity contribution in [3.8, 4) is 17.2 Å². The predicted octanol–water partition coefficient (Wildman–Crippen LogP) is 3.67. The van der Waals surface area contributed by atoms with E-state index in [4.69, 9.17) is 4.74 Å². The monoisotopic (exact) mass is 258 g/mol. The van der Waals surface area contributed by atoms with Crippen LogP contribution in [-0.4, -0.2) is 16.8 Å². The number of benzene rings is 2. The maximum Gasteiger partial charge on any atom is 0.119 e. The molecule has 19 heavy (non-hydrogen) atoms. The van der Waals surface area contributed by atoms with Crippen LogP contribution in [0.4, 0.5) is 0 Å². The maximum absolute atomic E-state index is 9.45. The lowest BCUT2D eigenvalue weighted by molar-refractivity contribution is 0.300. The zero-order valence-corrected chi connectivity index (χ0v) is 10.9. The zero-order valence-electron chi connectivity index (χ0n) is 10.9. The molecular formula is C16H18O3. The molecule has 0 fully saturated rings. The molecule has 2 aromatic carbocycles. The van der Waals surface area contributed by atoms with E-state index in [1.807, 2.05) is 37.3 Å². The van der Waals surface area contributed by atoms with Gasteiger partial charge in [0.05, 0.1) is 6.61 Å². The molecule has 0 saturated carbocycles. The van der Waals surface area contributed by atoms with Crippen LogP contribution < -0.4 is 4.74 Å². The molecule has 1 unspecified atom stereocenters. The molecule has 0 saturated heterocycles. The summed E-state index contributed by atoms with van der Waals surface area (Å²) >= 11 is 0. The number of phenols is 2. The molecule has 3 nitrogen and oxygen atoms in total. The van der Waals surface area contributed by atoms with Gasteiger partial charge in [0.25, 0.3) is 0 Å². The molecule has 0 bridgehead atoms. The van der Waals surface area contributed by atoms with E-state index in [0.29, 0.717) is 6.61 Å². The number of para-hydroxylation sites is 1. The first-order valence-corrected chi connectivity index (χ1v) is 6.36. The largest absolute Gasteiger partial charge is 0.508 e. The highest BCUT2D eigenvalue weighted by Crippen LogP contribution is 2.27. The molecule has 0 spiro atoms. The highest BCUT2D eigenvalue weighted by atomic mass is 16.5. The third-order valence-electron chi connectivity index (χ3n) is 3.06. The van der Waals surface area contributed by atoms with Gasteiger partial charge in [-0.2, -0.15) is 0 Å². The van der Waals surface area contributed by atoms with Gasteiger partial charge in [0.2, 0.25) is 0 Å². The minimum Gasteiger partial charge on any atom is -0.508 e. The second kappa shape index (κ2) is 6.14. The number of rotatable bonds is 5. The predicted molar refractivity (Wildman–Crippen MR) is 74.7 cm³/mol. The van der Waals surface area contributed by atoms with Crippen molar-refractivity contribution >= 4 is 0 Å². The third-order valence-corrected chi connectivity index (χ3v) is 3.06. The van der Waals surface area contributed by atoms with Crippen molar-refractivity contribution in [2.24, 2.45) is 0 Å². The first kappa shape index (κ1) is 13.3. The van der Waals surface area contributed by atoms with E-state index < -0.39 is 0 Å². The van der Waals surface area contributed by atoms with Crippen molar-refractivity contribution in [1.29, 1.82) is 0 Å². The van der Waals surface area contributed by atoms with E-state index >= 15 is 0 Å². The topological polar surface area (TPSA) is 49.7 Å². The van der Waals surface area contributed by atoms with Crippen molar-refractivity contribution in [3.63, 3.8) is 0 Å². The van der Waals surface area contributed by atoms with Gasteiger partial charge < -0.3 is 14.9 Å². The van der Waals surface area contributed by atoms with Gasteiger partial charge in [0.15, 0.2) is 0 Å². The summed E-state index contributed by atoms with van der Waals surface area (Å²) in [5, 5.41) is 18.9. The van der Waals surface area contributed by atoms with Gasteiger partial charge in [-0.3, -0.25) is 0 Å². The molecule has 100 valence electrons. The summed E-state index contributed by atoms with van der Waals surface area (Å²) < 4.78 is 5.63. The van der Waals surface area contributed by atoms with Crippen LogP contribution in [0.5, 0.6) is 17.2 Å². The van der Waals surface area contributed by atoms with Gasteiger partial charge >= 0.3 is 0 Å². The smallest absolute Gasteiger partial charge is 0.119 e. The van der Waals surface area contributed by atoms with E-state index in [1.54, 1.807) is 12.1 Å². The molecule has 2 rings (SSSR count). The molecule has 0 aliphatic carbocycles. The van der Waals surface area contributed by atoms with Crippen molar-refractivity contribution < 1.29 is 14.9 Å². The van der Waals surface area contributed by atoms with Crippen molar-refractivity contribution in [2.45, 2.75) is 19.3 Å². The molecule has 1 atom stereocenters. The fraction of sp³-hybridized carbons (Fsp3) is 0.250. The van der Waals surface area contributed by atoms with Crippen molar-refractivity contribution in [2.75, 3.05) is 6.61 Å². The van der Waals surface area contributed by atoms with Crippen LogP contribution in [0.15, 0.2) is 48.5 Å². The molecule has 0 aliphatic rings. The van der Waals surface area contributed by atoms with Gasteiger partial charge in [-0.25, -0.2) is 0 Å². The maximum atomic E-state index is 9.45. The van der Waals surface area contributed by atoms with E-state index in [9.17, 15) is 10.2 Å². The summed E-state index contributed by atoms with van der Waals surface area (Å²) in [7, 11) is 0. The van der Waals surface area contributed by atoms with Crippen molar-refractivity contribution in [3.05, 3.63) is 54.1 Å². The molecule has 0 radical (unpaired) electrons. The summed E-state index contributed by atoms with van der Waals surface area (Å²) in [5.41, 5.74) is 0.911. The summed E-state index contributed by atoms with van der Waals surface area (Å²) in [6, 6.07) is 14.3. The second-order valence-corrected chi connectivity index (χ2v) is 4.63. The number of hydrogen-bond donors (Lipinski definition) is 2. The Morgan fingerprint density at radius 3 is 2.26 bits per heavy atom. The molecular weight excluding hydrogens is 240 g/mol. The molecule has 0 heterocycles. The van der Waals surface area contributed by atoms with Crippen LogP contribution >= 0.6 is 0 Å². The zero-order chi connectivity index (χ0) is 13.7. The van der Waals surface area contributed by atoms with E-state index in [2.05, 4.69) is 0 Å². The minimum atomic E-state index is 0.0887. The highest BCUT2D eigenvalue weighted by Gasteiger charge is 2.08. The standard InChI is InChI=1S/C16H18O3/c1-12(13-9-14(17)11-15(18)10-13)7-8-19-16-5-3-2-4-6-16/h2-6,9-12,17-18H,7-8H2,1H3. The minimum absolute atomic E-state index is 0.0887. The Morgan fingerprint density at radius 2 is 1.63 bits per heavy atom. The Balaban J connectivity index is 1.89. The van der Waals surface area contributed by atoms with Crippen LogP contribution in [0.2, 0.25) is 0 Å². The molecule has 0 aliphatic heterocycles. The summed E-state index contributed by atoms with van der Waals surface area (Å²) in [6.07, 6.45) is 0.817. The van der Waals surface area contributed by atoms with Crippen LogP contribution in [-0.2, 0) is 0 Å². The van der Waals surface area contributed by atoms with Crippen LogP contribution in [0, 0.1) is 0 Å². The number of ether oxygens (including phenoxy) is 1. The lowest BCUT2D eigenvalue weighted by atomic mass is 9.98. The fourth-order valence-corrected chi connectivity index (χ4v) is 1.94. The average Bonchev–Trinajstić information content (AvgIpc) is 2.38. The summed E-state index contributed by atoms with van der Waals surface area (Å²) in [6.45, 7) is 2.64. The van der Waals surface area contributed by atoms with Crippen molar-refractivity contribution in [1.82, 2.24) is 0 Å². The third kappa shape index (κ3) is 3.91. The SMILES string of the molecule is CC(CCOc1ccccc1)c1cc(O)cc(O)c1. The Hall–Kier alpha value is -2.16. The Kier molecular flexibility index (Phi) is 4.29. The van der Waals surface area contributed by atoms with Gasteiger partial charge in [-0.1, -0.05) is 25.1 Å². The highest BCUT2D eigenvalue weighted by molar-refractivity contribution is 5.38. The van der Waals surface area contributed by atoms with E-state index in [0.717, 1.165) is 17.7 Å². The van der Waals surface area contributed by atoms with Crippen LogP contribution in [0.25, 0.3) is 0 Å². The summed E-state index contributed by atoms with van der Waals surface area (Å²) in [4.78, 5) is 0. The van der Waals surface area contributed by atoms with Gasteiger partial charge in [-0.15, -0.1) is 0 Å². The van der Waals surface area contributed by atoms with Crippen LogP contribution in [0.3, 0.4) is 0 Å². The quantitative estimate of drug-likeness (QED) is 0.860. The Bertz CT molecular complexity index is 503. The van der Waals surface area contributed by atoms with Gasteiger partial charge in [0.1, 0.15) is 17.2 Å². The molecule has 2 aromatic rings. The Morgan fingerprint density at radius 1 is 1.00 bits per heavy atom. The average molecular weight is 258 g/mol.